The zero-order chi connectivity index (χ0) is 23.9. The van der Waals surface area contributed by atoms with Crippen LogP contribution in [0.3, 0.4) is 0 Å². The number of nitrogens with one attached hydrogen (secondary N) is 1. The van der Waals surface area contributed by atoms with E-state index in [0.717, 1.165) is 40.8 Å². The molecule has 3 rings (SSSR count). The normalized spacial score (nSPS) is 15.4. The molecule has 0 saturated carbocycles. The zero-order valence-corrected chi connectivity index (χ0v) is 19.1. The first-order chi connectivity index (χ1) is 15.0. The van der Waals surface area contributed by atoms with Gasteiger partial charge < -0.3 is 19.9 Å². The van der Waals surface area contributed by atoms with Crippen molar-refractivity contribution in [1.82, 2.24) is 0 Å². The van der Waals surface area contributed by atoms with Crippen molar-refractivity contribution in [2.75, 3.05) is 20.6 Å². The highest BCUT2D eigenvalue weighted by atomic mass is 32.2. The number of aryl methyl sites for hydroxylation is 1. The van der Waals surface area contributed by atoms with Crippen LogP contribution in [0.5, 0.6) is 0 Å². The van der Waals surface area contributed by atoms with E-state index >= 15 is 0 Å². The Kier molecular flexibility index (Phi) is 8.51. The Morgan fingerprint density at radius 2 is 1.78 bits per heavy atom. The molecular weight excluding hydrogens is 430 g/mol. The van der Waals surface area contributed by atoms with E-state index in [1.807, 2.05) is 43.3 Å². The monoisotopic (exact) mass is 457 g/mol. The highest BCUT2D eigenvalue weighted by Crippen LogP contribution is 2.37. The van der Waals surface area contributed by atoms with E-state index in [1.54, 1.807) is 6.07 Å². The second-order valence-electron chi connectivity index (χ2n) is 7.77. The lowest BCUT2D eigenvalue weighted by Gasteiger charge is -2.12. The summed E-state index contributed by atoms with van der Waals surface area (Å²) >= 11 is 0. The first kappa shape index (κ1) is 25.0. The SMILES string of the molecule is Cc1ccc2c(c1)/C(=C/CC[NH+](C)C)c1ccccc1CS2(=O)=O.O=C([O-])/C=C\C(=O)O. The Morgan fingerprint density at radius 1 is 1.09 bits per heavy atom. The van der Waals surface area contributed by atoms with Gasteiger partial charge in [-0.05, 0) is 35.8 Å². The van der Waals surface area contributed by atoms with Gasteiger partial charge in [-0.15, -0.1) is 0 Å². The molecule has 7 nitrogen and oxygen atoms in total. The molecular formula is C24H27NO6S. The number of carbonyl (C=O) groups excluding carboxylic acids is 1. The third kappa shape index (κ3) is 6.90. The maximum absolute atomic E-state index is 12.9. The van der Waals surface area contributed by atoms with Crippen molar-refractivity contribution in [3.8, 4) is 0 Å². The third-order valence-electron chi connectivity index (χ3n) is 4.77. The van der Waals surface area contributed by atoms with Gasteiger partial charge in [0.1, 0.15) is 0 Å². The number of hydrogen-bond donors (Lipinski definition) is 2. The van der Waals surface area contributed by atoms with Gasteiger partial charge in [-0.3, -0.25) is 0 Å². The molecule has 2 aromatic carbocycles. The number of sulfone groups is 1. The molecule has 0 spiro atoms. The maximum atomic E-state index is 12.9. The Labute approximate surface area is 188 Å². The van der Waals surface area contributed by atoms with Gasteiger partial charge in [-0.1, -0.05) is 48.0 Å². The molecule has 0 radical (unpaired) electrons. The highest BCUT2D eigenvalue weighted by molar-refractivity contribution is 7.90. The van der Waals surface area contributed by atoms with E-state index in [9.17, 15) is 23.1 Å². The minimum atomic E-state index is -3.33. The van der Waals surface area contributed by atoms with Crippen molar-refractivity contribution >= 4 is 27.3 Å². The van der Waals surface area contributed by atoms with Crippen molar-refractivity contribution in [2.24, 2.45) is 0 Å². The number of aliphatic carboxylic acids is 2. The minimum Gasteiger partial charge on any atom is -0.545 e. The number of rotatable bonds is 5. The third-order valence-corrected chi connectivity index (χ3v) is 6.49. The van der Waals surface area contributed by atoms with E-state index in [1.165, 1.54) is 4.90 Å². The number of carboxylic acid groups (broad SMARTS) is 2. The van der Waals surface area contributed by atoms with Crippen molar-refractivity contribution < 1.29 is 33.1 Å². The topological polar surface area (TPSA) is 116 Å². The molecule has 170 valence electrons. The average Bonchev–Trinajstić information content (AvgIpc) is 2.78. The molecule has 1 aliphatic rings. The lowest BCUT2D eigenvalue weighted by molar-refractivity contribution is -0.857. The Hall–Kier alpha value is -3.23. The highest BCUT2D eigenvalue weighted by Gasteiger charge is 2.27. The first-order valence-corrected chi connectivity index (χ1v) is 11.7. The van der Waals surface area contributed by atoms with Crippen LogP contribution in [0.25, 0.3) is 5.57 Å². The van der Waals surface area contributed by atoms with Crippen LogP contribution >= 0.6 is 0 Å². The molecule has 1 aliphatic heterocycles. The summed E-state index contributed by atoms with van der Waals surface area (Å²) in [7, 11) is 0.925. The number of hydrogen-bond acceptors (Lipinski definition) is 5. The summed E-state index contributed by atoms with van der Waals surface area (Å²) in [5.41, 5.74) is 4.89. The van der Waals surface area contributed by atoms with Crippen LogP contribution in [-0.2, 0) is 25.2 Å². The number of carboxylic acids is 2. The molecule has 0 aromatic heterocycles. The Bertz CT molecular complexity index is 1150. The molecule has 0 saturated heterocycles. The van der Waals surface area contributed by atoms with Crippen molar-refractivity contribution in [3.63, 3.8) is 0 Å². The van der Waals surface area contributed by atoms with Crippen molar-refractivity contribution in [1.29, 1.82) is 0 Å². The molecule has 8 heteroatoms. The number of carbonyl (C=O) groups is 2. The van der Waals surface area contributed by atoms with Gasteiger partial charge in [0, 0.05) is 18.1 Å². The standard InChI is InChI=1S/C20H23NO2S.C4H4O4/c1-15-10-11-20-19(13-15)18(9-6-12-21(2)3)17-8-5-4-7-16(17)14-24(20,22)23;5-3(6)1-2-4(7)8/h4-5,7-11,13H,6,12,14H2,1-3H3;1-2H,(H,5,6)(H,7,8)/b18-9+;2-1-. The second-order valence-corrected chi connectivity index (χ2v) is 9.73. The van der Waals surface area contributed by atoms with E-state index in [4.69, 9.17) is 5.11 Å². The summed E-state index contributed by atoms with van der Waals surface area (Å²) in [6, 6.07) is 13.5. The quantitative estimate of drug-likeness (QED) is 0.636. The Balaban J connectivity index is 0.000000390. The van der Waals surface area contributed by atoms with E-state index in [0.29, 0.717) is 17.0 Å². The lowest BCUT2D eigenvalue weighted by atomic mass is 9.93. The summed E-state index contributed by atoms with van der Waals surface area (Å²) < 4.78 is 25.7. The predicted octanol–water partition coefficient (Wildman–Crippen LogP) is 0.626. The largest absolute Gasteiger partial charge is 0.545 e. The fraction of sp³-hybridized carbons (Fsp3) is 0.250. The van der Waals surface area contributed by atoms with E-state index in [-0.39, 0.29) is 5.75 Å². The van der Waals surface area contributed by atoms with Gasteiger partial charge in [0.15, 0.2) is 9.84 Å². The summed E-state index contributed by atoms with van der Waals surface area (Å²) in [5.74, 6) is -2.74. The average molecular weight is 458 g/mol. The molecule has 0 bridgehead atoms. The summed E-state index contributed by atoms with van der Waals surface area (Å²) in [4.78, 5) is 20.8. The molecule has 0 fully saturated rings. The van der Waals surface area contributed by atoms with Crippen LogP contribution in [0.4, 0.5) is 0 Å². The fourth-order valence-corrected chi connectivity index (χ4v) is 4.92. The van der Waals surface area contributed by atoms with Gasteiger partial charge >= 0.3 is 5.97 Å². The molecule has 0 aliphatic carbocycles. The summed E-state index contributed by atoms with van der Waals surface area (Å²) in [6.07, 6.45) is 4.06. The predicted molar refractivity (Wildman–Crippen MR) is 120 cm³/mol. The number of quaternary nitrogens is 1. The zero-order valence-electron chi connectivity index (χ0n) is 18.3. The van der Waals surface area contributed by atoms with Gasteiger partial charge in [0.25, 0.3) is 0 Å². The molecule has 0 unspecified atom stereocenters. The van der Waals surface area contributed by atoms with Crippen LogP contribution in [0.2, 0.25) is 0 Å². The van der Waals surface area contributed by atoms with Crippen molar-refractivity contribution in [3.05, 3.63) is 82.9 Å². The minimum absolute atomic E-state index is 0.0650. The van der Waals surface area contributed by atoms with Crippen LogP contribution in [0, 0.1) is 6.92 Å². The lowest BCUT2D eigenvalue weighted by Crippen LogP contribution is -3.05. The maximum Gasteiger partial charge on any atom is 0.328 e. The second kappa shape index (κ2) is 10.9. The van der Waals surface area contributed by atoms with Crippen LogP contribution in [-0.4, -0.2) is 46.1 Å². The van der Waals surface area contributed by atoms with Crippen LogP contribution in [0.15, 0.2) is 65.6 Å². The molecule has 0 amide bonds. The molecule has 1 heterocycles. The molecule has 0 atom stereocenters. The first-order valence-electron chi connectivity index (χ1n) is 10.0. The summed E-state index contributed by atoms with van der Waals surface area (Å²) in [6.45, 7) is 3.02. The van der Waals surface area contributed by atoms with Crippen molar-refractivity contribution in [2.45, 2.75) is 24.0 Å². The van der Waals surface area contributed by atoms with E-state index < -0.39 is 21.8 Å². The Morgan fingerprint density at radius 3 is 2.38 bits per heavy atom. The summed E-state index contributed by atoms with van der Waals surface area (Å²) in [5, 5.41) is 17.2. The van der Waals surface area contributed by atoms with Gasteiger partial charge in [-0.25, -0.2) is 13.2 Å². The fourth-order valence-electron chi connectivity index (χ4n) is 3.33. The molecule has 2 aromatic rings. The van der Waals surface area contributed by atoms with Gasteiger partial charge in [0.2, 0.25) is 0 Å². The number of fused-ring (bicyclic) bond motifs is 2. The molecule has 2 N–H and O–H groups in total. The van der Waals surface area contributed by atoms with Crippen LogP contribution < -0.4 is 10.0 Å². The smallest absolute Gasteiger partial charge is 0.328 e. The van der Waals surface area contributed by atoms with Gasteiger partial charge in [0.05, 0.1) is 37.3 Å². The number of benzene rings is 2. The molecule has 32 heavy (non-hydrogen) atoms. The van der Waals surface area contributed by atoms with Crippen LogP contribution in [0.1, 0.15) is 28.7 Å². The van der Waals surface area contributed by atoms with E-state index in [2.05, 4.69) is 20.2 Å². The van der Waals surface area contributed by atoms with Gasteiger partial charge in [-0.2, -0.15) is 0 Å².